The van der Waals surface area contributed by atoms with Crippen molar-refractivity contribution in [3.63, 3.8) is 0 Å². The molecule has 1 atom stereocenters. The first kappa shape index (κ1) is 21.1. The summed E-state index contributed by atoms with van der Waals surface area (Å²) in [4.78, 5) is 4.88. The molecule has 1 unspecified atom stereocenters. The number of sulfone groups is 1. The molecule has 3 aromatic rings. The van der Waals surface area contributed by atoms with Gasteiger partial charge in [0.1, 0.15) is 0 Å². The maximum Gasteiger partial charge on any atom is 0.202 e. The quantitative estimate of drug-likeness (QED) is 0.566. The van der Waals surface area contributed by atoms with Gasteiger partial charge in [-0.1, -0.05) is 24.3 Å². The Morgan fingerprint density at radius 2 is 1.90 bits per heavy atom. The van der Waals surface area contributed by atoms with Gasteiger partial charge in [-0.3, -0.25) is 10.00 Å². The molecular formula is C22H26N6O2S. The summed E-state index contributed by atoms with van der Waals surface area (Å²) < 4.78 is 24.8. The van der Waals surface area contributed by atoms with Gasteiger partial charge in [0.25, 0.3) is 0 Å². The van der Waals surface area contributed by atoms with Crippen molar-refractivity contribution in [3.8, 4) is 0 Å². The second-order valence-corrected chi connectivity index (χ2v) is 9.93. The topological polar surface area (TPSA) is 100 Å². The fourth-order valence-electron chi connectivity index (χ4n) is 3.69. The summed E-state index contributed by atoms with van der Waals surface area (Å²) in [5, 5.41) is 15.4. The molecule has 162 valence electrons. The highest BCUT2D eigenvalue weighted by Gasteiger charge is 2.30. The number of hydrogen-bond donors (Lipinski definition) is 3. The van der Waals surface area contributed by atoms with Gasteiger partial charge in [0.05, 0.1) is 11.3 Å². The fraction of sp³-hybridized carbons (Fsp3) is 0.273. The van der Waals surface area contributed by atoms with E-state index in [1.54, 1.807) is 12.1 Å². The lowest BCUT2D eigenvalue weighted by Crippen LogP contribution is -2.43. The number of aromatic nitrogens is 2. The van der Waals surface area contributed by atoms with E-state index in [1.165, 1.54) is 6.26 Å². The Hall–Kier alpha value is -3.17. The Kier molecular flexibility index (Phi) is 5.32. The van der Waals surface area contributed by atoms with Gasteiger partial charge >= 0.3 is 0 Å². The van der Waals surface area contributed by atoms with Crippen LogP contribution in [-0.2, 0) is 28.3 Å². The highest BCUT2D eigenvalue weighted by Crippen LogP contribution is 2.30. The van der Waals surface area contributed by atoms with Crippen LogP contribution in [0.3, 0.4) is 0 Å². The molecule has 0 amide bonds. The molecule has 2 heterocycles. The summed E-state index contributed by atoms with van der Waals surface area (Å²) in [6.45, 7) is 2.05. The van der Waals surface area contributed by atoms with Crippen molar-refractivity contribution < 1.29 is 8.42 Å². The van der Waals surface area contributed by atoms with E-state index in [2.05, 4.69) is 46.2 Å². The van der Waals surface area contributed by atoms with Crippen LogP contribution in [0.5, 0.6) is 0 Å². The summed E-state index contributed by atoms with van der Waals surface area (Å²) >= 11 is 0. The lowest BCUT2D eigenvalue weighted by Gasteiger charge is -2.31. The molecule has 31 heavy (non-hydrogen) atoms. The zero-order valence-corrected chi connectivity index (χ0v) is 18.8. The number of rotatable bonds is 5. The average molecular weight is 439 g/mol. The van der Waals surface area contributed by atoms with Crippen molar-refractivity contribution >= 4 is 32.4 Å². The fourth-order valence-corrected chi connectivity index (χ4v) is 4.49. The highest BCUT2D eigenvalue weighted by molar-refractivity contribution is 7.89. The first-order valence-electron chi connectivity index (χ1n) is 9.90. The van der Waals surface area contributed by atoms with Gasteiger partial charge < -0.3 is 10.6 Å². The molecule has 1 aromatic heterocycles. The molecule has 0 fully saturated rings. The normalized spacial score (nSPS) is 18.6. The van der Waals surface area contributed by atoms with E-state index in [9.17, 15) is 8.42 Å². The summed E-state index contributed by atoms with van der Waals surface area (Å²) in [6.07, 6.45) is 5.04. The van der Waals surface area contributed by atoms with E-state index in [4.69, 9.17) is 4.99 Å². The Labute approximate surface area is 182 Å². The van der Waals surface area contributed by atoms with Crippen molar-refractivity contribution in [1.82, 2.24) is 20.4 Å². The minimum Gasteiger partial charge on any atom is -0.333 e. The molecule has 0 saturated heterocycles. The Morgan fingerprint density at radius 3 is 2.58 bits per heavy atom. The summed E-state index contributed by atoms with van der Waals surface area (Å²) in [7, 11) is 0.741. The van der Waals surface area contributed by atoms with Crippen LogP contribution >= 0.6 is 0 Å². The van der Waals surface area contributed by atoms with Gasteiger partial charge in [-0.15, -0.1) is 0 Å². The maximum absolute atomic E-state index is 11.5. The van der Waals surface area contributed by atoms with E-state index < -0.39 is 15.5 Å². The lowest BCUT2D eigenvalue weighted by atomic mass is 9.97. The number of hydrogen-bond acceptors (Lipinski definition) is 7. The van der Waals surface area contributed by atoms with Crippen LogP contribution < -0.4 is 16.0 Å². The van der Waals surface area contributed by atoms with Gasteiger partial charge in [0.2, 0.25) is 5.96 Å². The number of aliphatic imine (C=N–C) groups is 1. The molecule has 9 heteroatoms. The van der Waals surface area contributed by atoms with E-state index in [-0.39, 0.29) is 5.75 Å². The molecule has 0 spiro atoms. The first-order valence-corrected chi connectivity index (χ1v) is 12.0. The number of guanidine groups is 1. The smallest absolute Gasteiger partial charge is 0.202 e. The third kappa shape index (κ3) is 4.33. The predicted molar refractivity (Wildman–Crippen MR) is 125 cm³/mol. The number of fused-ring (bicyclic) bond motifs is 1. The minimum absolute atomic E-state index is 0.0214. The van der Waals surface area contributed by atoms with Crippen molar-refractivity contribution in [2.24, 2.45) is 12.0 Å². The molecule has 1 aliphatic heterocycles. The Bertz CT molecular complexity index is 1290. The van der Waals surface area contributed by atoms with Crippen LogP contribution in [0.1, 0.15) is 16.8 Å². The molecule has 1 aliphatic rings. The lowest BCUT2D eigenvalue weighted by molar-refractivity contribution is 0.472. The number of nitrogens with zero attached hydrogens (tertiary/aromatic N) is 3. The van der Waals surface area contributed by atoms with Crippen molar-refractivity contribution in [3.05, 3.63) is 71.6 Å². The minimum atomic E-state index is -3.06. The van der Waals surface area contributed by atoms with E-state index >= 15 is 0 Å². The predicted octanol–water partition coefficient (Wildman–Crippen LogP) is 2.38. The zero-order chi connectivity index (χ0) is 22.2. The third-order valence-electron chi connectivity index (χ3n) is 5.43. The van der Waals surface area contributed by atoms with Gasteiger partial charge in [-0.2, -0.15) is 5.10 Å². The first-order chi connectivity index (χ1) is 14.7. The largest absolute Gasteiger partial charge is 0.333 e. The van der Waals surface area contributed by atoms with E-state index in [0.29, 0.717) is 5.96 Å². The van der Waals surface area contributed by atoms with Crippen molar-refractivity contribution in [1.29, 1.82) is 0 Å². The Balaban J connectivity index is 1.62. The Morgan fingerprint density at radius 1 is 1.16 bits per heavy atom. The molecule has 8 nitrogen and oxygen atoms in total. The SMILES string of the molecule is CNC1(c2ccc3c(C)n(C)nc3c2)C=CNC(Nc2ccc(CS(C)(=O)=O)cc2)=N1. The van der Waals surface area contributed by atoms with Gasteiger partial charge in [0, 0.05) is 41.8 Å². The van der Waals surface area contributed by atoms with Gasteiger partial charge in [0.15, 0.2) is 15.5 Å². The van der Waals surface area contributed by atoms with Crippen LogP contribution in [0, 0.1) is 6.92 Å². The van der Waals surface area contributed by atoms with Crippen LogP contribution in [0.4, 0.5) is 5.69 Å². The number of likely N-dealkylation sites (N-methyl/N-ethyl adjacent to an activating group) is 1. The van der Waals surface area contributed by atoms with Crippen LogP contribution in [0.25, 0.3) is 10.9 Å². The molecule has 0 bridgehead atoms. The second-order valence-electron chi connectivity index (χ2n) is 7.79. The monoisotopic (exact) mass is 438 g/mol. The van der Waals surface area contributed by atoms with Gasteiger partial charge in [-0.05, 0) is 43.8 Å². The molecule has 2 aromatic carbocycles. The number of nitrogens with one attached hydrogen (secondary N) is 3. The van der Waals surface area contributed by atoms with Crippen molar-refractivity contribution in [2.45, 2.75) is 18.3 Å². The molecular weight excluding hydrogens is 412 g/mol. The molecule has 0 radical (unpaired) electrons. The molecule has 0 saturated carbocycles. The van der Waals surface area contributed by atoms with Crippen LogP contribution in [0.15, 0.2) is 59.7 Å². The average Bonchev–Trinajstić information content (AvgIpc) is 3.02. The summed E-state index contributed by atoms with van der Waals surface area (Å²) in [5.41, 5.74) is 3.82. The third-order valence-corrected chi connectivity index (χ3v) is 6.29. The second kappa shape index (κ2) is 7.82. The zero-order valence-electron chi connectivity index (χ0n) is 18.0. The number of aryl methyl sites for hydroxylation is 2. The number of anilines is 1. The molecule has 0 aliphatic carbocycles. The molecule has 4 rings (SSSR count). The van der Waals surface area contributed by atoms with Crippen LogP contribution in [0.2, 0.25) is 0 Å². The van der Waals surface area contributed by atoms with Crippen molar-refractivity contribution in [2.75, 3.05) is 18.6 Å². The van der Waals surface area contributed by atoms with E-state index in [1.807, 2.05) is 43.2 Å². The maximum atomic E-state index is 11.5. The highest BCUT2D eigenvalue weighted by atomic mass is 32.2. The summed E-state index contributed by atoms with van der Waals surface area (Å²) in [5.74, 6) is 0.595. The van der Waals surface area contributed by atoms with Gasteiger partial charge in [-0.25, -0.2) is 13.4 Å². The summed E-state index contributed by atoms with van der Waals surface area (Å²) in [6, 6.07) is 13.5. The standard InChI is InChI=1S/C22H26N6O2S/c1-15-19-10-7-17(13-20(19)27-28(15)3)22(23-2)11-12-24-21(26-22)25-18-8-5-16(6-9-18)14-31(4,29)30/h5-13,23H,14H2,1-4H3,(H2,24,25,26). The van der Waals surface area contributed by atoms with Crippen LogP contribution in [-0.4, -0.2) is 37.5 Å². The molecule has 3 N–H and O–H groups in total. The van der Waals surface area contributed by atoms with E-state index in [0.717, 1.165) is 33.4 Å². The number of benzene rings is 2.